The van der Waals surface area contributed by atoms with Gasteiger partial charge in [0.2, 0.25) is 0 Å². The number of nitrogens with zero attached hydrogens (tertiary/aromatic N) is 2. The lowest BCUT2D eigenvalue weighted by atomic mass is 9.71. The summed E-state index contributed by atoms with van der Waals surface area (Å²) in [7, 11) is 1.82. The molecule has 128 valence electrons. The van der Waals surface area contributed by atoms with Gasteiger partial charge < -0.3 is 9.42 Å². The zero-order valence-corrected chi connectivity index (χ0v) is 15.0. The van der Waals surface area contributed by atoms with Gasteiger partial charge in [0, 0.05) is 25.6 Å². The molecule has 1 heterocycles. The van der Waals surface area contributed by atoms with Crippen LogP contribution in [-0.2, 0) is 19.4 Å². The first-order valence-corrected chi connectivity index (χ1v) is 8.63. The molecule has 0 spiro atoms. The van der Waals surface area contributed by atoms with E-state index in [1.54, 1.807) is 4.90 Å². The fourth-order valence-electron chi connectivity index (χ4n) is 3.42. The van der Waals surface area contributed by atoms with Crippen LogP contribution in [0, 0.1) is 11.3 Å². The molecule has 1 atom stereocenters. The number of benzene rings is 1. The Bertz CT molecular complexity index is 713. The third-order valence-electron chi connectivity index (χ3n) is 5.08. The van der Waals surface area contributed by atoms with Gasteiger partial charge in [0.1, 0.15) is 5.76 Å². The first kappa shape index (κ1) is 16.7. The molecule has 0 bridgehead atoms. The second kappa shape index (κ2) is 6.42. The summed E-state index contributed by atoms with van der Waals surface area (Å²) in [6.07, 6.45) is 2.85. The average Bonchev–Trinajstić information content (AvgIpc) is 2.97. The van der Waals surface area contributed by atoms with Gasteiger partial charge in [0.25, 0.3) is 5.91 Å². The van der Waals surface area contributed by atoms with Crippen LogP contribution in [0.3, 0.4) is 0 Å². The molecule has 24 heavy (non-hydrogen) atoms. The summed E-state index contributed by atoms with van der Waals surface area (Å²) in [4.78, 5) is 14.6. The zero-order valence-electron chi connectivity index (χ0n) is 15.0. The van der Waals surface area contributed by atoms with Crippen molar-refractivity contribution in [1.82, 2.24) is 10.1 Å². The monoisotopic (exact) mass is 326 g/mol. The maximum absolute atomic E-state index is 12.8. The Morgan fingerprint density at radius 3 is 2.67 bits per heavy atom. The zero-order chi connectivity index (χ0) is 17.3. The van der Waals surface area contributed by atoms with Crippen molar-refractivity contribution >= 4 is 5.91 Å². The van der Waals surface area contributed by atoms with Gasteiger partial charge >= 0.3 is 0 Å². The predicted octanol–water partition coefficient (Wildman–Crippen LogP) is 4.10. The molecule has 1 aliphatic carbocycles. The molecule has 1 aromatic carbocycles. The summed E-state index contributed by atoms with van der Waals surface area (Å²) in [5, 5.41) is 4.11. The lowest BCUT2D eigenvalue weighted by molar-refractivity contribution is 0.0773. The highest BCUT2D eigenvalue weighted by Gasteiger charge is 2.34. The second-order valence-electron chi connectivity index (χ2n) is 7.89. The van der Waals surface area contributed by atoms with E-state index in [0.29, 0.717) is 18.2 Å². The third kappa shape index (κ3) is 3.37. The highest BCUT2D eigenvalue weighted by Crippen LogP contribution is 2.38. The van der Waals surface area contributed by atoms with Crippen LogP contribution in [0.15, 0.2) is 34.9 Å². The quantitative estimate of drug-likeness (QED) is 0.853. The van der Waals surface area contributed by atoms with Gasteiger partial charge in [-0.3, -0.25) is 4.79 Å². The van der Waals surface area contributed by atoms with Gasteiger partial charge in [0.05, 0.1) is 0 Å². The number of amides is 1. The van der Waals surface area contributed by atoms with E-state index >= 15 is 0 Å². The predicted molar refractivity (Wildman–Crippen MR) is 93.7 cm³/mol. The number of carbonyl (C=O) groups is 1. The molecule has 0 N–H and O–H groups in total. The number of fused-ring (bicyclic) bond motifs is 1. The van der Waals surface area contributed by atoms with E-state index in [1.165, 1.54) is 0 Å². The van der Waals surface area contributed by atoms with E-state index < -0.39 is 0 Å². The minimum atomic E-state index is -0.0570. The number of hydrogen-bond acceptors (Lipinski definition) is 3. The largest absolute Gasteiger partial charge is 0.360 e. The SMILES string of the molecule is CN(Cc1ccccc1)C(=O)c1noc2c1C[C@H](C(C)(C)C)CC2. The number of carbonyl (C=O) groups excluding carboxylic acids is 1. The Morgan fingerprint density at radius 1 is 1.29 bits per heavy atom. The summed E-state index contributed by atoms with van der Waals surface area (Å²) in [6.45, 7) is 7.36. The van der Waals surface area contributed by atoms with Crippen LogP contribution < -0.4 is 0 Å². The molecule has 1 aliphatic rings. The number of aryl methyl sites for hydroxylation is 1. The third-order valence-corrected chi connectivity index (χ3v) is 5.08. The number of hydrogen-bond donors (Lipinski definition) is 0. The Labute approximate surface area is 143 Å². The van der Waals surface area contributed by atoms with Crippen LogP contribution in [0.2, 0.25) is 0 Å². The first-order valence-electron chi connectivity index (χ1n) is 8.63. The molecule has 0 saturated carbocycles. The highest BCUT2D eigenvalue weighted by molar-refractivity contribution is 5.93. The molecule has 0 aliphatic heterocycles. The molecular formula is C20H26N2O2. The molecule has 4 nitrogen and oxygen atoms in total. The van der Waals surface area contributed by atoms with Crippen molar-refractivity contribution in [2.45, 2.75) is 46.6 Å². The molecule has 2 aromatic rings. The van der Waals surface area contributed by atoms with Crippen LogP contribution >= 0.6 is 0 Å². The van der Waals surface area contributed by atoms with E-state index in [0.717, 1.165) is 36.1 Å². The molecule has 0 radical (unpaired) electrons. The van der Waals surface area contributed by atoms with Crippen LogP contribution in [0.1, 0.15) is 54.6 Å². The van der Waals surface area contributed by atoms with Crippen LogP contribution in [-0.4, -0.2) is 23.0 Å². The van der Waals surface area contributed by atoms with E-state index in [4.69, 9.17) is 4.52 Å². The summed E-state index contributed by atoms with van der Waals surface area (Å²) < 4.78 is 5.47. The lowest BCUT2D eigenvalue weighted by Gasteiger charge is -2.33. The fraction of sp³-hybridized carbons (Fsp3) is 0.500. The van der Waals surface area contributed by atoms with Crippen molar-refractivity contribution in [3.63, 3.8) is 0 Å². The standard InChI is InChI=1S/C20H26N2O2/c1-20(2,3)15-10-11-17-16(12-15)18(21-24-17)19(23)22(4)13-14-8-6-5-7-9-14/h5-9,15H,10-13H2,1-4H3/t15-/m1/s1. The molecule has 0 fully saturated rings. The maximum Gasteiger partial charge on any atom is 0.276 e. The fourth-order valence-corrected chi connectivity index (χ4v) is 3.42. The Balaban J connectivity index is 1.78. The van der Waals surface area contributed by atoms with Gasteiger partial charge in [-0.1, -0.05) is 56.3 Å². The number of aromatic nitrogens is 1. The minimum absolute atomic E-state index is 0.0570. The lowest BCUT2D eigenvalue weighted by Crippen LogP contribution is -2.30. The summed E-state index contributed by atoms with van der Waals surface area (Å²) in [6, 6.07) is 10.0. The van der Waals surface area contributed by atoms with Crippen molar-refractivity contribution < 1.29 is 9.32 Å². The molecule has 4 heteroatoms. The van der Waals surface area contributed by atoms with Gasteiger partial charge in [-0.15, -0.1) is 0 Å². The van der Waals surface area contributed by atoms with Crippen LogP contribution in [0.4, 0.5) is 0 Å². The van der Waals surface area contributed by atoms with E-state index in [-0.39, 0.29) is 11.3 Å². The summed E-state index contributed by atoms with van der Waals surface area (Å²) >= 11 is 0. The number of rotatable bonds is 3. The van der Waals surface area contributed by atoms with Crippen molar-refractivity contribution in [3.8, 4) is 0 Å². The summed E-state index contributed by atoms with van der Waals surface area (Å²) in [5.74, 6) is 1.39. The Kier molecular flexibility index (Phi) is 4.48. The smallest absolute Gasteiger partial charge is 0.276 e. The molecule has 3 rings (SSSR count). The van der Waals surface area contributed by atoms with Gasteiger partial charge in [-0.05, 0) is 29.7 Å². The normalized spacial score (nSPS) is 17.4. The first-order chi connectivity index (χ1) is 11.4. The van der Waals surface area contributed by atoms with Crippen molar-refractivity contribution in [3.05, 3.63) is 52.9 Å². The minimum Gasteiger partial charge on any atom is -0.360 e. The Morgan fingerprint density at radius 2 is 2.00 bits per heavy atom. The average molecular weight is 326 g/mol. The topological polar surface area (TPSA) is 46.3 Å². The second-order valence-corrected chi connectivity index (χ2v) is 7.89. The van der Waals surface area contributed by atoms with Crippen molar-refractivity contribution in [2.24, 2.45) is 11.3 Å². The van der Waals surface area contributed by atoms with Crippen molar-refractivity contribution in [2.75, 3.05) is 7.05 Å². The molecular weight excluding hydrogens is 300 g/mol. The van der Waals surface area contributed by atoms with Gasteiger partial charge in [-0.25, -0.2) is 0 Å². The Hall–Kier alpha value is -2.10. The van der Waals surface area contributed by atoms with Gasteiger partial charge in [0.15, 0.2) is 5.69 Å². The molecule has 0 unspecified atom stereocenters. The maximum atomic E-state index is 12.8. The van der Waals surface area contributed by atoms with Crippen LogP contribution in [0.25, 0.3) is 0 Å². The van der Waals surface area contributed by atoms with E-state index in [9.17, 15) is 4.79 Å². The molecule has 1 amide bonds. The van der Waals surface area contributed by atoms with Gasteiger partial charge in [-0.2, -0.15) is 0 Å². The van der Waals surface area contributed by atoms with Crippen molar-refractivity contribution in [1.29, 1.82) is 0 Å². The summed E-state index contributed by atoms with van der Waals surface area (Å²) in [5.41, 5.74) is 2.85. The molecule has 0 saturated heterocycles. The van der Waals surface area contributed by atoms with E-state index in [2.05, 4.69) is 25.9 Å². The highest BCUT2D eigenvalue weighted by atomic mass is 16.5. The van der Waals surface area contributed by atoms with E-state index in [1.807, 2.05) is 37.4 Å². The molecule has 1 aromatic heterocycles. The van der Waals surface area contributed by atoms with Crippen LogP contribution in [0.5, 0.6) is 0 Å².